The zero-order chi connectivity index (χ0) is 21.2. The number of guanidine groups is 1. The zero-order valence-corrected chi connectivity index (χ0v) is 18.3. The summed E-state index contributed by atoms with van der Waals surface area (Å²) < 4.78 is 7.41. The Hall–Kier alpha value is -2.68. The molecule has 0 spiro atoms. The van der Waals surface area contributed by atoms with Crippen molar-refractivity contribution in [1.29, 1.82) is 0 Å². The minimum Gasteiger partial charge on any atom is -0.382 e. The standard InChI is InChI=1S/C21H34N8O/c1-4-30-15-7-12-23-21(24-16-20-27-26-17(2)28(20)3)25-18-9-13-29(14-10-18)19-8-5-6-11-22-19/h5-6,8,11,18H,4,7,9-10,12-16H2,1-3H3,(H2,23,24,25). The fourth-order valence-electron chi connectivity index (χ4n) is 3.40. The molecule has 0 aliphatic carbocycles. The number of rotatable bonds is 9. The van der Waals surface area contributed by atoms with Crippen LogP contribution in [0.25, 0.3) is 0 Å². The third-order valence-electron chi connectivity index (χ3n) is 5.33. The van der Waals surface area contributed by atoms with Crippen molar-refractivity contribution in [3.8, 4) is 0 Å². The van der Waals surface area contributed by atoms with Gasteiger partial charge in [-0.25, -0.2) is 9.98 Å². The molecular formula is C21H34N8O. The Morgan fingerprint density at radius 1 is 1.27 bits per heavy atom. The van der Waals surface area contributed by atoms with E-state index in [0.29, 0.717) is 12.6 Å². The van der Waals surface area contributed by atoms with Gasteiger partial charge in [-0.1, -0.05) is 6.07 Å². The zero-order valence-electron chi connectivity index (χ0n) is 18.3. The first-order valence-electron chi connectivity index (χ1n) is 10.8. The number of piperidine rings is 1. The number of pyridine rings is 1. The lowest BCUT2D eigenvalue weighted by Gasteiger charge is -2.33. The molecule has 2 N–H and O–H groups in total. The molecule has 0 amide bonds. The fourth-order valence-corrected chi connectivity index (χ4v) is 3.40. The molecule has 2 aromatic rings. The van der Waals surface area contributed by atoms with E-state index in [-0.39, 0.29) is 0 Å². The highest BCUT2D eigenvalue weighted by Gasteiger charge is 2.21. The first kappa shape index (κ1) is 22.0. The number of nitrogens with one attached hydrogen (secondary N) is 2. The van der Waals surface area contributed by atoms with Gasteiger partial charge in [0.1, 0.15) is 18.2 Å². The van der Waals surface area contributed by atoms with Crippen molar-refractivity contribution in [2.24, 2.45) is 12.0 Å². The van der Waals surface area contributed by atoms with Crippen molar-refractivity contribution in [3.63, 3.8) is 0 Å². The molecule has 3 rings (SSSR count). The molecule has 2 aromatic heterocycles. The van der Waals surface area contributed by atoms with Crippen LogP contribution in [-0.4, -0.2) is 64.6 Å². The van der Waals surface area contributed by atoms with Crippen molar-refractivity contribution in [3.05, 3.63) is 36.0 Å². The number of ether oxygens (including phenoxy) is 1. The minimum atomic E-state index is 0.379. The molecule has 1 saturated heterocycles. The van der Waals surface area contributed by atoms with Crippen LogP contribution < -0.4 is 15.5 Å². The molecule has 1 fully saturated rings. The van der Waals surface area contributed by atoms with Crippen LogP contribution in [0.2, 0.25) is 0 Å². The van der Waals surface area contributed by atoms with Gasteiger partial charge in [0.05, 0.1) is 0 Å². The maximum absolute atomic E-state index is 5.43. The first-order valence-corrected chi connectivity index (χ1v) is 10.8. The number of aryl methyl sites for hydroxylation is 1. The summed E-state index contributed by atoms with van der Waals surface area (Å²) in [6, 6.07) is 6.45. The van der Waals surface area contributed by atoms with Gasteiger partial charge in [0.2, 0.25) is 0 Å². The highest BCUT2D eigenvalue weighted by molar-refractivity contribution is 5.80. The van der Waals surface area contributed by atoms with Crippen LogP contribution in [-0.2, 0) is 18.3 Å². The van der Waals surface area contributed by atoms with E-state index in [1.165, 1.54) is 0 Å². The minimum absolute atomic E-state index is 0.379. The number of anilines is 1. The number of aromatic nitrogens is 4. The quantitative estimate of drug-likeness (QED) is 0.366. The lowest BCUT2D eigenvalue weighted by molar-refractivity contribution is 0.145. The van der Waals surface area contributed by atoms with Gasteiger partial charge in [0.15, 0.2) is 11.8 Å². The van der Waals surface area contributed by atoms with Gasteiger partial charge in [0.25, 0.3) is 0 Å². The summed E-state index contributed by atoms with van der Waals surface area (Å²) in [5.74, 6) is 3.62. The molecule has 1 aliphatic heterocycles. The van der Waals surface area contributed by atoms with Crippen LogP contribution in [0.1, 0.15) is 37.8 Å². The summed E-state index contributed by atoms with van der Waals surface area (Å²) in [6.45, 7) is 8.73. The monoisotopic (exact) mass is 414 g/mol. The Labute approximate surface area is 179 Å². The Morgan fingerprint density at radius 3 is 2.77 bits per heavy atom. The average molecular weight is 415 g/mol. The molecule has 0 bridgehead atoms. The highest BCUT2D eigenvalue weighted by Crippen LogP contribution is 2.17. The topological polar surface area (TPSA) is 92.5 Å². The SMILES string of the molecule is CCOCCCNC(=NCc1nnc(C)n1C)NC1CCN(c2ccccn2)CC1. The van der Waals surface area contributed by atoms with Gasteiger partial charge in [-0.2, -0.15) is 0 Å². The summed E-state index contributed by atoms with van der Waals surface area (Å²) in [7, 11) is 1.97. The fraction of sp³-hybridized carbons (Fsp3) is 0.619. The van der Waals surface area contributed by atoms with E-state index in [2.05, 4.69) is 36.8 Å². The van der Waals surface area contributed by atoms with Crippen LogP contribution in [0.15, 0.2) is 29.4 Å². The van der Waals surface area contributed by atoms with Crippen LogP contribution in [0.4, 0.5) is 5.82 Å². The lowest BCUT2D eigenvalue weighted by Crippen LogP contribution is -2.49. The van der Waals surface area contributed by atoms with E-state index in [9.17, 15) is 0 Å². The van der Waals surface area contributed by atoms with Gasteiger partial charge in [-0.05, 0) is 45.2 Å². The molecule has 164 valence electrons. The maximum atomic E-state index is 5.43. The average Bonchev–Trinajstić information content (AvgIpc) is 3.10. The van der Waals surface area contributed by atoms with Gasteiger partial charge in [-0.15, -0.1) is 10.2 Å². The van der Waals surface area contributed by atoms with Gasteiger partial charge >= 0.3 is 0 Å². The summed E-state index contributed by atoms with van der Waals surface area (Å²) in [5, 5.41) is 15.4. The van der Waals surface area contributed by atoms with E-state index in [1.54, 1.807) is 0 Å². The molecule has 0 saturated carbocycles. The normalized spacial score (nSPS) is 15.4. The Bertz CT molecular complexity index is 784. The van der Waals surface area contributed by atoms with Crippen molar-refractivity contribution in [2.75, 3.05) is 37.7 Å². The molecule has 1 aliphatic rings. The second kappa shape index (κ2) is 11.5. The van der Waals surface area contributed by atoms with Crippen molar-refractivity contribution in [1.82, 2.24) is 30.4 Å². The van der Waals surface area contributed by atoms with Crippen LogP contribution in [0.3, 0.4) is 0 Å². The molecule has 3 heterocycles. The van der Waals surface area contributed by atoms with Gasteiger partial charge in [-0.3, -0.25) is 0 Å². The molecule has 30 heavy (non-hydrogen) atoms. The Morgan fingerprint density at radius 2 is 2.10 bits per heavy atom. The van der Waals surface area contributed by atoms with Gasteiger partial charge in [0, 0.05) is 52.1 Å². The smallest absolute Gasteiger partial charge is 0.191 e. The molecule has 0 aromatic carbocycles. The molecule has 0 atom stereocenters. The van der Waals surface area contributed by atoms with Crippen molar-refractivity contribution in [2.45, 2.75) is 45.7 Å². The largest absolute Gasteiger partial charge is 0.382 e. The number of hydrogen-bond donors (Lipinski definition) is 2. The van der Waals surface area contributed by atoms with E-state index >= 15 is 0 Å². The van der Waals surface area contributed by atoms with E-state index in [0.717, 1.165) is 75.5 Å². The second-order valence-corrected chi connectivity index (χ2v) is 7.46. The van der Waals surface area contributed by atoms with Crippen molar-refractivity contribution < 1.29 is 4.74 Å². The van der Waals surface area contributed by atoms with E-state index in [4.69, 9.17) is 9.73 Å². The van der Waals surface area contributed by atoms with E-state index in [1.807, 2.05) is 43.8 Å². The molecule has 0 radical (unpaired) electrons. The Balaban J connectivity index is 1.54. The van der Waals surface area contributed by atoms with Crippen molar-refractivity contribution >= 4 is 11.8 Å². The lowest BCUT2D eigenvalue weighted by atomic mass is 10.1. The molecular weight excluding hydrogens is 380 g/mol. The molecule has 9 heteroatoms. The van der Waals surface area contributed by atoms with E-state index < -0.39 is 0 Å². The maximum Gasteiger partial charge on any atom is 0.191 e. The third kappa shape index (κ3) is 6.41. The van der Waals surface area contributed by atoms with Crippen LogP contribution >= 0.6 is 0 Å². The predicted octanol–water partition coefficient (Wildman–Crippen LogP) is 1.65. The number of aliphatic imine (C=N–C) groups is 1. The first-order chi connectivity index (χ1) is 14.7. The third-order valence-corrected chi connectivity index (χ3v) is 5.33. The second-order valence-electron chi connectivity index (χ2n) is 7.46. The molecule has 0 unspecified atom stereocenters. The summed E-state index contributed by atoms with van der Waals surface area (Å²) in [6.07, 6.45) is 4.87. The van der Waals surface area contributed by atoms with Crippen LogP contribution in [0, 0.1) is 6.92 Å². The highest BCUT2D eigenvalue weighted by atomic mass is 16.5. The predicted molar refractivity (Wildman–Crippen MR) is 119 cm³/mol. The summed E-state index contributed by atoms with van der Waals surface area (Å²) in [4.78, 5) is 11.6. The van der Waals surface area contributed by atoms with Crippen LogP contribution in [0.5, 0.6) is 0 Å². The molecule has 9 nitrogen and oxygen atoms in total. The number of nitrogens with zero attached hydrogens (tertiary/aromatic N) is 6. The van der Waals surface area contributed by atoms with Gasteiger partial charge < -0.3 is 24.8 Å². The summed E-state index contributed by atoms with van der Waals surface area (Å²) in [5.41, 5.74) is 0. The summed E-state index contributed by atoms with van der Waals surface area (Å²) >= 11 is 0. The Kier molecular flexibility index (Phi) is 8.43. The number of hydrogen-bond acceptors (Lipinski definition) is 6.